The van der Waals surface area contributed by atoms with Gasteiger partial charge in [0.1, 0.15) is 36.1 Å². The number of H-pyrrole nitrogens is 3. The number of nitrogens with one attached hydrogen (secondary N) is 3. The second-order valence-corrected chi connectivity index (χ2v) is 30.4. The van der Waals surface area contributed by atoms with Gasteiger partial charge in [0.2, 0.25) is 0 Å². The normalized spacial score (nSPS) is 12.4. The lowest BCUT2D eigenvalue weighted by Crippen LogP contribution is -2.37. The number of aldehydes is 1. The summed E-state index contributed by atoms with van der Waals surface area (Å²) in [6.45, 7) is 18.4. The summed E-state index contributed by atoms with van der Waals surface area (Å²) in [6, 6.07) is 27.3. The number of aliphatic hydroxyl groups excluding tert-OH is 2. The number of ether oxygens (including phenoxy) is 3. The zero-order valence-electron chi connectivity index (χ0n) is 63.9. The van der Waals surface area contributed by atoms with Gasteiger partial charge in [-0.1, -0.05) is 81.2 Å². The van der Waals surface area contributed by atoms with Crippen LogP contribution in [0.3, 0.4) is 0 Å². The van der Waals surface area contributed by atoms with Gasteiger partial charge in [0, 0.05) is 185 Å². The second-order valence-electron chi connectivity index (χ2n) is 26.3. The molecule has 5 N–H and O–H groups in total. The van der Waals surface area contributed by atoms with Crippen LogP contribution < -0.4 is 0 Å². The van der Waals surface area contributed by atoms with E-state index in [9.17, 15) is 13.2 Å². The van der Waals surface area contributed by atoms with Gasteiger partial charge in [-0.3, -0.25) is 13.9 Å². The number of hydrogen-bond acceptors (Lipinski definition) is 17. The maximum atomic E-state index is 10.9. The maximum Gasteiger partial charge on any atom is 0.264 e. The molecule has 0 unspecified atom stereocenters. The van der Waals surface area contributed by atoms with Crippen LogP contribution in [-0.2, 0) is 82.6 Å². The number of carbonyl (C=O) groups is 1. The molecule has 0 aromatic carbocycles. The lowest BCUT2D eigenvalue weighted by Gasteiger charge is -2.26. The van der Waals surface area contributed by atoms with Gasteiger partial charge in [-0.05, 0) is 146 Å². The molecule has 0 aliphatic carbocycles. The van der Waals surface area contributed by atoms with Crippen molar-refractivity contribution in [3.8, 4) is 0 Å². The van der Waals surface area contributed by atoms with E-state index < -0.39 is 10.1 Å². The highest BCUT2D eigenvalue weighted by Crippen LogP contribution is 2.32. The minimum atomic E-state index is -3.40. The fourth-order valence-corrected chi connectivity index (χ4v) is 14.8. The number of fused-ring (bicyclic) bond motifs is 7. The van der Waals surface area contributed by atoms with Gasteiger partial charge in [0.05, 0.1) is 104 Å². The van der Waals surface area contributed by atoms with E-state index >= 15 is 0 Å². The Balaban J connectivity index is 0.000000150. The van der Waals surface area contributed by atoms with Crippen molar-refractivity contribution in [2.45, 2.75) is 74.3 Å². The van der Waals surface area contributed by atoms with E-state index in [2.05, 4.69) is 83.1 Å². The summed E-state index contributed by atoms with van der Waals surface area (Å²) >= 11 is 42.3. The minimum Gasteiger partial charge on any atom is -0.504 e. The molecule has 15 heterocycles. The lowest BCUT2D eigenvalue weighted by molar-refractivity contribution is 0.0383. The Bertz CT molecular complexity index is 5820. The highest BCUT2D eigenvalue weighted by molar-refractivity contribution is 7.86. The van der Waals surface area contributed by atoms with E-state index in [-0.39, 0.29) is 19.8 Å². The number of carbonyl (C=O) groups excluding carboxylic acids is 1. The standard InChI is InChI=1S/C15H20ClN3O.C12H15ClN2O3S.C12H13ClN2O.C11H11ClN2O.C11H13ClN2O.C9H9ClN2O.C9H7ClN2O/c1-11-9-14-13(15(16)17-11)10-12(18(14)2)3-4-19-5-7-20-8-6-19;1-8-6-11-10(12(13)14-8)7-9(15(11)2)4-5-18-19(3,16)17;1-8-6-11-10(12(13)14-8)7-9(15(11)2)4-5-16-3;1-7-5-10-9(11(12)13-7)6-8(14-10)3-4-15-2;1-7-5-10-9(11(12)13-7)6-8(3-4-15)14(10)2;2*1-5-2-8-7(9(10)11-5)3-6(4-13)12-8/h9-10H,3-8H2,1-2H3;6-7H,4-5H2,1-3H3;4-7H,1-3H3;3-6,14H,1-2H3;5-6,15H,3-4H2,1-2H3;2-3,12-13H,4H2,1H3;2-4,12H,1H3. The van der Waals surface area contributed by atoms with Gasteiger partial charge in [0.25, 0.3) is 10.1 Å². The lowest BCUT2D eigenvalue weighted by atomic mass is 10.2. The quantitative estimate of drug-likeness (QED) is 0.0276. The van der Waals surface area contributed by atoms with Crippen LogP contribution in [0.15, 0.2) is 97.5 Å². The smallest absolute Gasteiger partial charge is 0.264 e. The Morgan fingerprint density at radius 2 is 0.820 bits per heavy atom. The number of nitrogens with zero attached hydrogens (tertiary/aromatic N) is 12. The molecule has 14 aromatic heterocycles. The number of hydrogen-bond donors (Lipinski definition) is 5. The van der Waals surface area contributed by atoms with Gasteiger partial charge in [-0.25, -0.2) is 34.9 Å². The van der Waals surface area contributed by atoms with Gasteiger partial charge in [-0.15, -0.1) is 0 Å². The van der Waals surface area contributed by atoms with Gasteiger partial charge >= 0.3 is 0 Å². The van der Waals surface area contributed by atoms with Crippen molar-refractivity contribution in [3.05, 3.63) is 213 Å². The Morgan fingerprint density at radius 1 is 0.459 bits per heavy atom. The number of aryl methyl sites for hydroxylation is 11. The first-order valence-electron chi connectivity index (χ1n) is 34.9. The number of aliphatic hydroxyl groups is 2. The van der Waals surface area contributed by atoms with E-state index in [0.29, 0.717) is 54.6 Å². The highest BCUT2D eigenvalue weighted by Gasteiger charge is 2.18. The summed E-state index contributed by atoms with van der Waals surface area (Å²) in [6.07, 6.45) is 10.9. The Labute approximate surface area is 678 Å². The van der Waals surface area contributed by atoms with Crippen molar-refractivity contribution < 1.29 is 41.8 Å². The number of aromatic nitrogens is 14. The molecule has 1 fully saturated rings. The summed E-state index contributed by atoms with van der Waals surface area (Å²) in [5.41, 5.74) is 19.8. The van der Waals surface area contributed by atoms with Gasteiger partial charge < -0.3 is 57.6 Å². The van der Waals surface area contributed by atoms with Crippen LogP contribution in [0.4, 0.5) is 0 Å². The molecular weight excluding hydrogens is 1580 g/mol. The van der Waals surface area contributed by atoms with Crippen LogP contribution in [0, 0.1) is 48.5 Å². The number of aromatic amines is 3. The molecule has 24 nitrogen and oxygen atoms in total. The van der Waals surface area contributed by atoms with E-state index in [1.54, 1.807) is 32.8 Å². The zero-order chi connectivity index (χ0) is 80.7. The fraction of sp³-hybridized carbons (Fsp3) is 0.316. The fourth-order valence-electron chi connectivity index (χ4n) is 12.4. The van der Waals surface area contributed by atoms with E-state index in [1.807, 2.05) is 158 Å². The van der Waals surface area contributed by atoms with Crippen molar-refractivity contribution in [2.75, 3.05) is 66.5 Å². The van der Waals surface area contributed by atoms with Crippen molar-refractivity contribution in [1.82, 2.24) is 73.0 Å². The molecule has 0 bridgehead atoms. The molecule has 0 spiro atoms. The van der Waals surface area contributed by atoms with E-state index in [1.165, 1.54) is 11.2 Å². The average molecular weight is 1670 g/mol. The molecule has 0 atom stereocenters. The third-order valence-electron chi connectivity index (χ3n) is 17.9. The summed E-state index contributed by atoms with van der Waals surface area (Å²) in [7, 11) is 7.82. The van der Waals surface area contributed by atoms with Crippen molar-refractivity contribution in [2.24, 2.45) is 28.2 Å². The second kappa shape index (κ2) is 39.2. The molecule has 15 rings (SSSR count). The van der Waals surface area contributed by atoms with Gasteiger partial charge in [-0.2, -0.15) is 8.42 Å². The van der Waals surface area contributed by atoms with Crippen LogP contribution in [0.2, 0.25) is 36.1 Å². The topological polar surface area (TPSA) is 289 Å². The van der Waals surface area contributed by atoms with Crippen LogP contribution in [0.1, 0.15) is 84.5 Å². The minimum absolute atomic E-state index is 0.00986. The predicted molar refractivity (Wildman–Crippen MR) is 449 cm³/mol. The van der Waals surface area contributed by atoms with Crippen LogP contribution >= 0.6 is 81.2 Å². The average Bonchev–Trinajstić information content (AvgIpc) is 1.66. The van der Waals surface area contributed by atoms with Crippen LogP contribution in [0.25, 0.3) is 88.5 Å². The molecule has 0 amide bonds. The third-order valence-corrected chi connectivity index (χ3v) is 20.5. The molecule has 0 saturated carbocycles. The number of halogens is 7. The first kappa shape index (κ1) is 86.3. The predicted octanol–water partition coefficient (Wildman–Crippen LogP) is 17.2. The monoisotopic (exact) mass is 1670 g/mol. The van der Waals surface area contributed by atoms with E-state index in [0.717, 1.165) is 191 Å². The van der Waals surface area contributed by atoms with Crippen molar-refractivity contribution >= 4 is 186 Å². The first-order valence-corrected chi connectivity index (χ1v) is 39.4. The number of pyridine rings is 7. The summed E-state index contributed by atoms with van der Waals surface area (Å²) in [5.74, 6) is 0. The molecule has 0 radical (unpaired) electrons. The summed E-state index contributed by atoms with van der Waals surface area (Å²) in [5, 5.41) is 27.8. The molecule has 32 heteroatoms. The molecule has 1 aliphatic rings. The van der Waals surface area contributed by atoms with Crippen molar-refractivity contribution in [3.63, 3.8) is 0 Å². The summed E-state index contributed by atoms with van der Waals surface area (Å²) < 4.78 is 50.0. The zero-order valence-corrected chi connectivity index (χ0v) is 70.0. The Hall–Kier alpha value is -8.64. The molecule has 111 heavy (non-hydrogen) atoms. The Kier molecular flexibility index (Phi) is 30.5. The molecule has 588 valence electrons. The molecular formula is C79H88Cl7N15O9S. The maximum absolute atomic E-state index is 10.9. The van der Waals surface area contributed by atoms with E-state index in [4.69, 9.17) is 110 Å². The third kappa shape index (κ3) is 22.6. The Morgan fingerprint density at radius 3 is 1.23 bits per heavy atom. The van der Waals surface area contributed by atoms with Crippen LogP contribution in [-0.4, -0.2) is 164 Å². The van der Waals surface area contributed by atoms with Gasteiger partial charge in [0.15, 0.2) is 6.29 Å². The number of morpholine rings is 1. The highest BCUT2D eigenvalue weighted by atomic mass is 35.5. The first-order chi connectivity index (χ1) is 52.8. The number of rotatable bonds is 15. The summed E-state index contributed by atoms with van der Waals surface area (Å²) in [4.78, 5) is 51.5. The molecule has 1 saturated heterocycles. The molecule has 14 aromatic rings. The van der Waals surface area contributed by atoms with Crippen LogP contribution in [0.5, 0.6) is 0 Å². The molecule has 1 aliphatic heterocycles. The van der Waals surface area contributed by atoms with Crippen molar-refractivity contribution in [1.29, 1.82) is 0 Å². The number of methoxy groups -OCH3 is 2. The SMILES string of the molecule is COC=Cc1cc2c(Cl)nc(C)cc2[nH]1.COC=Cc1cc2c(Cl)nc(C)cc2n1C.Cc1cc2[nH]c(C=O)cc2c(Cl)n1.Cc1cc2[nH]c(CO)cc2c(Cl)n1.Cc1cc2c(cc(CCN3CCOCC3)n2C)c(Cl)n1.Cc1cc2c(cc(CCO)n2C)c(Cl)n1.Cc1cc2c(cc(CCOS(C)(=O)=O)n2C)c(Cl)n1. The largest absolute Gasteiger partial charge is 0.504 e.